The quantitative estimate of drug-likeness (QED) is 0.762. The van der Waals surface area contributed by atoms with Crippen molar-refractivity contribution in [1.29, 1.82) is 0 Å². The first-order chi connectivity index (χ1) is 12.5. The van der Waals surface area contributed by atoms with Gasteiger partial charge in [0, 0.05) is 18.0 Å². The van der Waals surface area contributed by atoms with Crippen LogP contribution in [0.4, 0.5) is 4.39 Å². The largest absolute Gasteiger partial charge is 0.481 e. The molecule has 0 saturated heterocycles. The zero-order valence-corrected chi connectivity index (χ0v) is 14.5. The van der Waals surface area contributed by atoms with Crippen LogP contribution >= 0.6 is 0 Å². The molecule has 136 valence electrons. The van der Waals surface area contributed by atoms with Crippen LogP contribution in [-0.2, 0) is 21.4 Å². The van der Waals surface area contributed by atoms with Crippen molar-refractivity contribution < 1.29 is 19.1 Å². The van der Waals surface area contributed by atoms with Gasteiger partial charge in [-0.05, 0) is 37.3 Å². The lowest BCUT2D eigenvalue weighted by Gasteiger charge is -2.23. The Bertz CT molecular complexity index is 787. The lowest BCUT2D eigenvalue weighted by molar-refractivity contribution is -0.137. The van der Waals surface area contributed by atoms with Crippen molar-refractivity contribution in [3.8, 4) is 0 Å². The molecule has 2 N–H and O–H groups in total. The lowest BCUT2D eigenvalue weighted by Crippen LogP contribution is -2.43. The van der Waals surface area contributed by atoms with Gasteiger partial charge in [-0.2, -0.15) is 0 Å². The van der Waals surface area contributed by atoms with Gasteiger partial charge < -0.3 is 10.4 Å². The Labute approximate surface area is 152 Å². The minimum Gasteiger partial charge on any atom is -0.481 e. The number of hydrogen-bond donors (Lipinski definition) is 2. The fourth-order valence-electron chi connectivity index (χ4n) is 3.34. The topological polar surface area (TPSA) is 66.4 Å². The molecular formula is C21H22FNO3. The van der Waals surface area contributed by atoms with Crippen LogP contribution in [0.2, 0.25) is 0 Å². The smallest absolute Gasteiger partial charge is 0.303 e. The molecule has 1 unspecified atom stereocenters. The molecule has 0 radical (unpaired) electrons. The molecule has 0 bridgehead atoms. The third-order valence-electron chi connectivity index (χ3n) is 4.94. The van der Waals surface area contributed by atoms with Crippen LogP contribution < -0.4 is 5.32 Å². The summed E-state index contributed by atoms with van der Waals surface area (Å²) >= 11 is 0. The molecule has 26 heavy (non-hydrogen) atoms. The first kappa shape index (κ1) is 18.1. The first-order valence-electron chi connectivity index (χ1n) is 8.83. The highest BCUT2D eigenvalue weighted by molar-refractivity contribution is 5.91. The van der Waals surface area contributed by atoms with Gasteiger partial charge in [0.1, 0.15) is 5.82 Å². The summed E-state index contributed by atoms with van der Waals surface area (Å²) < 4.78 is 14.2. The maximum atomic E-state index is 14.2. The number of aliphatic carboxylic acids is 1. The van der Waals surface area contributed by atoms with Crippen molar-refractivity contribution in [2.24, 2.45) is 0 Å². The van der Waals surface area contributed by atoms with E-state index < -0.39 is 11.4 Å². The van der Waals surface area contributed by atoms with Gasteiger partial charge in [0.15, 0.2) is 0 Å². The Balaban J connectivity index is 1.74. The van der Waals surface area contributed by atoms with Gasteiger partial charge in [0.2, 0.25) is 5.91 Å². The lowest BCUT2D eigenvalue weighted by atomic mass is 9.93. The Kier molecular flexibility index (Phi) is 5.35. The third kappa shape index (κ3) is 4.10. The number of carboxylic acid groups (broad SMARTS) is 1. The summed E-state index contributed by atoms with van der Waals surface area (Å²) in [5, 5.41) is 12.0. The van der Waals surface area contributed by atoms with Crippen molar-refractivity contribution in [3.05, 3.63) is 71.5 Å². The molecular weight excluding hydrogens is 333 g/mol. The molecule has 1 fully saturated rings. The number of amides is 1. The monoisotopic (exact) mass is 355 g/mol. The zero-order valence-electron chi connectivity index (χ0n) is 14.5. The Morgan fingerprint density at radius 2 is 1.73 bits per heavy atom. The van der Waals surface area contributed by atoms with Crippen molar-refractivity contribution in [3.63, 3.8) is 0 Å². The number of halogens is 1. The van der Waals surface area contributed by atoms with Gasteiger partial charge in [-0.1, -0.05) is 48.5 Å². The van der Waals surface area contributed by atoms with Gasteiger partial charge in [0.05, 0.1) is 5.41 Å². The van der Waals surface area contributed by atoms with E-state index in [1.807, 2.05) is 30.3 Å². The van der Waals surface area contributed by atoms with E-state index in [0.717, 1.165) is 5.56 Å². The highest BCUT2D eigenvalue weighted by atomic mass is 19.1. The fourth-order valence-corrected chi connectivity index (χ4v) is 3.34. The maximum Gasteiger partial charge on any atom is 0.303 e. The number of benzene rings is 2. The average molecular weight is 355 g/mol. The second-order valence-corrected chi connectivity index (χ2v) is 6.85. The number of rotatable bonds is 8. The molecule has 0 heterocycles. The SMILES string of the molecule is O=C(O)CCC(Cc1ccccc1)NC(=O)C1(c2ccccc2F)CC1. The van der Waals surface area contributed by atoms with E-state index in [1.165, 1.54) is 6.07 Å². The Morgan fingerprint density at radius 3 is 2.35 bits per heavy atom. The van der Waals surface area contributed by atoms with E-state index in [-0.39, 0.29) is 24.2 Å². The summed E-state index contributed by atoms with van der Waals surface area (Å²) in [6.45, 7) is 0. The van der Waals surface area contributed by atoms with Crippen molar-refractivity contribution >= 4 is 11.9 Å². The average Bonchev–Trinajstić information content (AvgIpc) is 3.43. The number of nitrogens with one attached hydrogen (secondary N) is 1. The van der Waals surface area contributed by atoms with E-state index in [4.69, 9.17) is 5.11 Å². The standard InChI is InChI=1S/C21H22FNO3/c22-18-9-5-4-8-17(18)21(12-13-21)20(26)23-16(10-11-19(24)25)14-15-6-2-1-3-7-15/h1-9,16H,10-14H2,(H,23,26)(H,24,25). The second kappa shape index (κ2) is 7.68. The maximum absolute atomic E-state index is 14.2. The van der Waals surface area contributed by atoms with Crippen molar-refractivity contribution in [2.45, 2.75) is 43.6 Å². The predicted octanol–water partition coefficient (Wildman–Crippen LogP) is 3.45. The molecule has 0 aromatic heterocycles. The van der Waals surface area contributed by atoms with Crippen LogP contribution in [0.5, 0.6) is 0 Å². The number of carbonyl (C=O) groups is 2. The molecule has 1 saturated carbocycles. The van der Waals surface area contributed by atoms with Crippen LogP contribution in [0.3, 0.4) is 0 Å². The predicted molar refractivity (Wildman–Crippen MR) is 96.3 cm³/mol. The van der Waals surface area contributed by atoms with Gasteiger partial charge in [-0.25, -0.2) is 4.39 Å². The summed E-state index contributed by atoms with van der Waals surface area (Å²) in [6, 6.07) is 15.7. The number of hydrogen-bond acceptors (Lipinski definition) is 2. The summed E-state index contributed by atoms with van der Waals surface area (Å²) in [5.74, 6) is -1.48. The van der Waals surface area contributed by atoms with Crippen LogP contribution in [-0.4, -0.2) is 23.0 Å². The normalized spacial score (nSPS) is 15.9. The summed E-state index contributed by atoms with van der Waals surface area (Å²) in [6.07, 6.45) is 2.08. The summed E-state index contributed by atoms with van der Waals surface area (Å²) in [7, 11) is 0. The van der Waals surface area contributed by atoms with Crippen LogP contribution in [0.15, 0.2) is 54.6 Å². The Hall–Kier alpha value is -2.69. The van der Waals surface area contributed by atoms with Gasteiger partial charge >= 0.3 is 5.97 Å². The number of carboxylic acids is 1. The Morgan fingerprint density at radius 1 is 1.08 bits per heavy atom. The molecule has 1 amide bonds. The summed E-state index contributed by atoms with van der Waals surface area (Å²) in [4.78, 5) is 23.9. The van der Waals surface area contributed by atoms with Crippen molar-refractivity contribution in [2.75, 3.05) is 0 Å². The first-order valence-corrected chi connectivity index (χ1v) is 8.83. The minimum absolute atomic E-state index is 0.0233. The van der Waals surface area contributed by atoms with E-state index in [9.17, 15) is 14.0 Å². The molecule has 1 atom stereocenters. The molecule has 1 aliphatic rings. The van der Waals surface area contributed by atoms with E-state index in [1.54, 1.807) is 18.2 Å². The highest BCUT2D eigenvalue weighted by Crippen LogP contribution is 2.49. The molecule has 0 spiro atoms. The zero-order chi connectivity index (χ0) is 18.6. The molecule has 5 heteroatoms. The molecule has 0 aliphatic heterocycles. The van der Waals surface area contributed by atoms with Crippen LogP contribution in [0, 0.1) is 5.82 Å². The second-order valence-electron chi connectivity index (χ2n) is 6.85. The van der Waals surface area contributed by atoms with Gasteiger partial charge in [0.25, 0.3) is 0 Å². The summed E-state index contributed by atoms with van der Waals surface area (Å²) in [5.41, 5.74) is 0.636. The molecule has 1 aliphatic carbocycles. The van der Waals surface area contributed by atoms with E-state index >= 15 is 0 Å². The minimum atomic E-state index is -0.896. The number of carbonyl (C=O) groups excluding carboxylic acids is 1. The van der Waals surface area contributed by atoms with E-state index in [2.05, 4.69) is 5.32 Å². The molecule has 4 nitrogen and oxygen atoms in total. The van der Waals surface area contributed by atoms with E-state index in [0.29, 0.717) is 31.2 Å². The van der Waals surface area contributed by atoms with Crippen molar-refractivity contribution in [1.82, 2.24) is 5.32 Å². The molecule has 2 aromatic rings. The van der Waals surface area contributed by atoms with Gasteiger partial charge in [-0.3, -0.25) is 9.59 Å². The van der Waals surface area contributed by atoms with Crippen LogP contribution in [0.1, 0.15) is 36.8 Å². The highest BCUT2D eigenvalue weighted by Gasteiger charge is 2.52. The van der Waals surface area contributed by atoms with Crippen LogP contribution in [0.25, 0.3) is 0 Å². The fraction of sp³-hybridized carbons (Fsp3) is 0.333. The third-order valence-corrected chi connectivity index (χ3v) is 4.94. The molecule has 3 rings (SSSR count). The van der Waals surface area contributed by atoms with Gasteiger partial charge in [-0.15, -0.1) is 0 Å². The molecule has 2 aromatic carbocycles.